The third-order valence-electron chi connectivity index (χ3n) is 7.78. The van der Waals surface area contributed by atoms with Crippen molar-refractivity contribution < 1.29 is 56.0 Å². The minimum absolute atomic E-state index is 0.00622. The first-order valence-electron chi connectivity index (χ1n) is 15.6. The van der Waals surface area contributed by atoms with Crippen molar-refractivity contribution in [2.75, 3.05) is 19.8 Å². The van der Waals surface area contributed by atoms with Gasteiger partial charge >= 0.3 is 13.7 Å². The summed E-state index contributed by atoms with van der Waals surface area (Å²) in [5, 5.41) is 24.2. The first kappa shape index (κ1) is 36.0. The molecule has 4 heterocycles. The maximum atomic E-state index is 15.8. The molecule has 0 saturated carbocycles. The highest BCUT2D eigenvalue weighted by atomic mass is 31.2. The number of benzene rings is 1. The summed E-state index contributed by atoms with van der Waals surface area (Å²) < 4.78 is 88.0. The lowest BCUT2D eigenvalue weighted by Gasteiger charge is -2.27. The average Bonchev–Trinajstić information content (AvgIpc) is 3.55. The number of carbonyl (C=O) groups excluding carboxylic acids is 1. The molecule has 1 fully saturated rings. The van der Waals surface area contributed by atoms with Crippen LogP contribution in [0.5, 0.6) is 11.6 Å². The molecule has 0 amide bonds. The van der Waals surface area contributed by atoms with Crippen LogP contribution in [0.1, 0.15) is 58.6 Å². The Balaban J connectivity index is 1.46. The number of imidazole rings is 1. The van der Waals surface area contributed by atoms with E-state index in [1.165, 1.54) is 12.1 Å². The van der Waals surface area contributed by atoms with E-state index in [0.717, 1.165) is 17.2 Å². The second-order valence-electron chi connectivity index (χ2n) is 12.2. The summed E-state index contributed by atoms with van der Waals surface area (Å²) in [7, 11) is -4.49. The Kier molecular flexibility index (Phi) is 11.3. The molecule has 1 aromatic carbocycles. The molecule has 3 N–H and O–H groups in total. The molecule has 2 aromatic heterocycles. The van der Waals surface area contributed by atoms with Gasteiger partial charge in [0.2, 0.25) is 5.88 Å². The van der Waals surface area contributed by atoms with Gasteiger partial charge in [-0.05, 0) is 37.3 Å². The number of alkyl halides is 3. The molecule has 48 heavy (non-hydrogen) atoms. The van der Waals surface area contributed by atoms with E-state index in [0.29, 0.717) is 19.3 Å². The smallest absolute Gasteiger partial charge is 0.459 e. The molecule has 6 bridgehead atoms. The van der Waals surface area contributed by atoms with Gasteiger partial charge in [0.25, 0.3) is 11.8 Å². The molecule has 6 atom stereocenters. The number of para-hydroxylation sites is 1. The number of halogens is 3. The van der Waals surface area contributed by atoms with Crippen molar-refractivity contribution in [1.29, 1.82) is 0 Å². The largest absolute Gasteiger partial charge is 0.470 e. The quantitative estimate of drug-likeness (QED) is 0.257. The van der Waals surface area contributed by atoms with Crippen LogP contribution in [-0.2, 0) is 23.4 Å². The van der Waals surface area contributed by atoms with Crippen LogP contribution in [0.2, 0.25) is 0 Å². The summed E-state index contributed by atoms with van der Waals surface area (Å²) in [6, 6.07) is 6.77. The number of fused-ring (bicyclic) bond motifs is 3. The standard InChI is InChI=1S/C30H39F3N5O9P/c1-19(2)14-21-27(40)43-13-9-4-3-8-12-29(31,32)16-44-26-23-25(34-17-35-26)38(18-36-23)28-30(33,41)24(39)22(46-28)15-45-48(42,37-21)47-20-10-6-5-7-11-20/h5-7,10-11,17-19,21-22,24,28,39,41H,3-4,8-9,12-16H2,1-2H3,(H,37,42)/t21-,22-,24-,28-,30-,48?/m1/s1. The SMILES string of the molecule is CC(C)C[C@H]1NP(=O)(Oc2ccccc2)OC[C@H]2O[C@@H](n3cnc4c(ncnc43)OCC(F)(F)CCCCCCOC1=O)[C@@](O)(F)[C@@H]2O. The van der Waals surface area contributed by atoms with Crippen LogP contribution in [0.25, 0.3) is 11.2 Å². The third-order valence-corrected chi connectivity index (χ3v) is 9.35. The summed E-state index contributed by atoms with van der Waals surface area (Å²) in [4.78, 5) is 25.1. The molecule has 3 aromatic rings. The molecule has 14 nitrogen and oxygen atoms in total. The molecule has 0 aliphatic carbocycles. The lowest BCUT2D eigenvalue weighted by molar-refractivity contribution is -0.195. The van der Waals surface area contributed by atoms with Crippen molar-refractivity contribution in [3.05, 3.63) is 43.0 Å². The number of hydrogen-bond acceptors (Lipinski definition) is 12. The molecular formula is C30H39F3N5O9P. The van der Waals surface area contributed by atoms with Crippen LogP contribution in [0.4, 0.5) is 13.2 Å². The molecule has 264 valence electrons. The molecule has 5 rings (SSSR count). The summed E-state index contributed by atoms with van der Waals surface area (Å²) in [6.07, 6.45) is -2.63. The van der Waals surface area contributed by atoms with Crippen molar-refractivity contribution in [3.63, 3.8) is 0 Å². The number of rotatable bonds is 4. The predicted octanol–water partition coefficient (Wildman–Crippen LogP) is 4.47. The summed E-state index contributed by atoms with van der Waals surface area (Å²) in [5.74, 6) is -7.68. The number of cyclic esters (lactones) is 1. The maximum Gasteiger partial charge on any atom is 0.459 e. The second kappa shape index (κ2) is 15.0. The van der Waals surface area contributed by atoms with Gasteiger partial charge in [0, 0.05) is 6.42 Å². The fourth-order valence-electron chi connectivity index (χ4n) is 5.35. The first-order valence-corrected chi connectivity index (χ1v) is 17.2. The molecule has 1 saturated heterocycles. The molecule has 1 unspecified atom stereocenters. The third kappa shape index (κ3) is 8.62. The molecule has 2 aliphatic rings. The van der Waals surface area contributed by atoms with Crippen molar-refractivity contribution in [2.45, 2.75) is 88.6 Å². The zero-order chi connectivity index (χ0) is 34.5. The zero-order valence-corrected chi connectivity index (χ0v) is 27.3. The van der Waals surface area contributed by atoms with Gasteiger partial charge in [0.05, 0.1) is 19.5 Å². The van der Waals surface area contributed by atoms with E-state index in [4.69, 9.17) is 23.3 Å². The molecule has 2 aliphatic heterocycles. The lowest BCUT2D eigenvalue weighted by atomic mass is 10.0. The predicted molar refractivity (Wildman–Crippen MR) is 163 cm³/mol. The summed E-state index contributed by atoms with van der Waals surface area (Å²) in [5.41, 5.74) is -0.266. The lowest BCUT2D eigenvalue weighted by Crippen LogP contribution is -2.43. The Labute approximate surface area is 274 Å². The first-order chi connectivity index (χ1) is 22.8. The number of aliphatic hydroxyl groups is 2. The van der Waals surface area contributed by atoms with Gasteiger partial charge in [-0.1, -0.05) is 44.9 Å². The number of aliphatic hydroxyl groups excluding tert-OH is 1. The number of nitrogens with one attached hydrogen (secondary N) is 1. The second-order valence-corrected chi connectivity index (χ2v) is 13.9. The van der Waals surface area contributed by atoms with E-state index < -0.39 is 69.6 Å². The minimum atomic E-state index is -4.49. The maximum absolute atomic E-state index is 15.8. The topological polar surface area (TPSA) is 176 Å². The van der Waals surface area contributed by atoms with E-state index in [1.54, 1.807) is 18.2 Å². The monoisotopic (exact) mass is 701 g/mol. The van der Waals surface area contributed by atoms with Crippen LogP contribution in [0.15, 0.2) is 43.0 Å². The van der Waals surface area contributed by atoms with E-state index >= 15 is 4.39 Å². The molecular weight excluding hydrogens is 662 g/mol. The van der Waals surface area contributed by atoms with Crippen LogP contribution in [0, 0.1) is 5.92 Å². The fourth-order valence-corrected chi connectivity index (χ4v) is 6.86. The van der Waals surface area contributed by atoms with Crippen LogP contribution in [0.3, 0.4) is 0 Å². The normalized spacial score (nSPS) is 31.0. The number of hydrogen-bond donors (Lipinski definition) is 3. The minimum Gasteiger partial charge on any atom is -0.470 e. The van der Waals surface area contributed by atoms with Crippen molar-refractivity contribution in [2.24, 2.45) is 5.92 Å². The van der Waals surface area contributed by atoms with Crippen molar-refractivity contribution in [3.8, 4) is 11.6 Å². The fraction of sp³-hybridized carbons (Fsp3) is 0.600. The highest BCUT2D eigenvalue weighted by Crippen LogP contribution is 2.48. The van der Waals surface area contributed by atoms with Crippen LogP contribution in [-0.4, -0.2) is 85.5 Å². The van der Waals surface area contributed by atoms with Gasteiger partial charge in [-0.2, -0.15) is 10.1 Å². The average molecular weight is 702 g/mol. The molecule has 18 heteroatoms. The Bertz CT molecular complexity index is 1580. The number of carbonyl (C=O) groups is 1. The number of esters is 1. The van der Waals surface area contributed by atoms with Gasteiger partial charge in [-0.3, -0.25) is 13.9 Å². The van der Waals surface area contributed by atoms with E-state index in [9.17, 15) is 28.4 Å². The Morgan fingerprint density at radius 3 is 2.60 bits per heavy atom. The van der Waals surface area contributed by atoms with Gasteiger partial charge in [0.15, 0.2) is 24.0 Å². The zero-order valence-electron chi connectivity index (χ0n) is 26.4. The molecule has 0 spiro atoms. The highest BCUT2D eigenvalue weighted by Gasteiger charge is 2.58. The van der Waals surface area contributed by atoms with Gasteiger partial charge in [-0.15, -0.1) is 0 Å². The van der Waals surface area contributed by atoms with Crippen molar-refractivity contribution >= 4 is 24.9 Å². The summed E-state index contributed by atoms with van der Waals surface area (Å²) in [6.45, 7) is 1.87. The number of nitrogens with zero attached hydrogens (tertiary/aromatic N) is 4. The van der Waals surface area contributed by atoms with E-state index in [1.807, 2.05) is 13.8 Å². The Morgan fingerprint density at radius 1 is 1.10 bits per heavy atom. The van der Waals surface area contributed by atoms with Crippen LogP contribution < -0.4 is 14.3 Å². The van der Waals surface area contributed by atoms with Crippen molar-refractivity contribution in [1.82, 2.24) is 24.6 Å². The number of ether oxygens (including phenoxy) is 3. The Hall–Kier alpha value is -3.34. The van der Waals surface area contributed by atoms with Gasteiger partial charge in [-0.25, -0.2) is 27.7 Å². The molecule has 0 radical (unpaired) electrons. The Morgan fingerprint density at radius 2 is 1.85 bits per heavy atom. The van der Waals surface area contributed by atoms with Gasteiger partial charge in [0.1, 0.15) is 30.3 Å². The van der Waals surface area contributed by atoms with Gasteiger partial charge < -0.3 is 28.9 Å². The van der Waals surface area contributed by atoms with E-state index in [-0.39, 0.29) is 48.2 Å². The number of aromatic nitrogens is 4. The van der Waals surface area contributed by atoms with E-state index in [2.05, 4.69) is 20.0 Å². The highest BCUT2D eigenvalue weighted by molar-refractivity contribution is 7.52. The van der Waals surface area contributed by atoms with Crippen LogP contribution >= 0.6 is 7.75 Å². The summed E-state index contributed by atoms with van der Waals surface area (Å²) >= 11 is 0.